The van der Waals surface area contributed by atoms with Gasteiger partial charge in [-0.05, 0) is 57.8 Å². The number of nitrogens with zero attached hydrogens (tertiary/aromatic N) is 1. The smallest absolute Gasteiger partial charge is 0.370 e. The molecule has 0 aliphatic carbocycles. The van der Waals surface area contributed by atoms with Gasteiger partial charge in [-0.2, -0.15) is 0 Å². The van der Waals surface area contributed by atoms with Crippen LogP contribution in [0.5, 0.6) is 0 Å². The van der Waals surface area contributed by atoms with Gasteiger partial charge in [0.25, 0.3) is 0 Å². The lowest BCUT2D eigenvalue weighted by molar-refractivity contribution is -0.0173. The molecule has 0 amide bonds. The van der Waals surface area contributed by atoms with Gasteiger partial charge in [0.05, 0.1) is 0 Å². The van der Waals surface area contributed by atoms with E-state index in [1.165, 1.54) is 58.2 Å². The number of ether oxygens (including phenoxy) is 1. The number of hydrogen-bond donors (Lipinski definition) is 0. The molecule has 2 aliphatic heterocycles. The first kappa shape index (κ1) is 17.4. The summed E-state index contributed by atoms with van der Waals surface area (Å²) in [6.07, 6.45) is 9.95. The van der Waals surface area contributed by atoms with E-state index in [0.29, 0.717) is 0 Å². The van der Waals surface area contributed by atoms with E-state index in [9.17, 15) is 0 Å². The predicted octanol–water partition coefficient (Wildman–Crippen LogP) is 3.10. The fourth-order valence-electron chi connectivity index (χ4n) is 4.29. The molecular formula is C16H33NO3Si. The molecule has 2 fully saturated rings. The zero-order chi connectivity index (χ0) is 15.2. The van der Waals surface area contributed by atoms with E-state index in [4.69, 9.17) is 13.6 Å². The summed E-state index contributed by atoms with van der Waals surface area (Å²) in [5.74, 6) is 0. The Kier molecular flexibility index (Phi) is 6.68. The summed E-state index contributed by atoms with van der Waals surface area (Å²) in [6, 6.07) is 1.07. The number of methoxy groups -OCH3 is 1. The zero-order valence-electron chi connectivity index (χ0n) is 14.2. The molecule has 0 aromatic carbocycles. The molecule has 0 aromatic rings. The third-order valence-electron chi connectivity index (χ3n) is 5.58. The highest BCUT2D eigenvalue weighted by Crippen LogP contribution is 2.42. The molecule has 1 atom stereocenters. The molecule has 1 unspecified atom stereocenters. The van der Waals surface area contributed by atoms with Crippen LogP contribution < -0.4 is 0 Å². The second-order valence-corrected chi connectivity index (χ2v) is 10.3. The SMILES string of the molecule is COC1(CCCN2CCCCC2)CCCC[Si]1(OC)OC. The van der Waals surface area contributed by atoms with Gasteiger partial charge in [-0.15, -0.1) is 0 Å². The van der Waals surface area contributed by atoms with Gasteiger partial charge in [-0.3, -0.25) is 0 Å². The summed E-state index contributed by atoms with van der Waals surface area (Å²) in [7, 11) is 3.25. The van der Waals surface area contributed by atoms with E-state index in [2.05, 4.69) is 4.90 Å². The van der Waals surface area contributed by atoms with Gasteiger partial charge >= 0.3 is 8.56 Å². The van der Waals surface area contributed by atoms with Crippen molar-refractivity contribution in [3.05, 3.63) is 0 Å². The standard InChI is InChI=1S/C16H33NO3Si/c1-18-16(10-5-8-15-21(16,19-2)20-3)11-9-14-17-12-6-4-7-13-17/h4-15H2,1-3H3. The zero-order valence-corrected chi connectivity index (χ0v) is 15.2. The van der Waals surface area contributed by atoms with Crippen LogP contribution in [0.2, 0.25) is 6.04 Å². The minimum atomic E-state index is -2.24. The van der Waals surface area contributed by atoms with E-state index in [0.717, 1.165) is 18.9 Å². The van der Waals surface area contributed by atoms with Crippen LogP contribution in [0.25, 0.3) is 0 Å². The summed E-state index contributed by atoms with van der Waals surface area (Å²) >= 11 is 0. The quantitative estimate of drug-likeness (QED) is 0.676. The third kappa shape index (κ3) is 3.70. The van der Waals surface area contributed by atoms with Crippen molar-refractivity contribution >= 4 is 8.56 Å². The number of likely N-dealkylation sites (tertiary alicyclic amines) is 1. The lowest BCUT2D eigenvalue weighted by Crippen LogP contribution is -2.64. The highest BCUT2D eigenvalue weighted by atomic mass is 28.4. The normalized spacial score (nSPS) is 30.4. The highest BCUT2D eigenvalue weighted by Gasteiger charge is 2.58. The second kappa shape index (κ2) is 8.06. The van der Waals surface area contributed by atoms with Gasteiger partial charge in [-0.25, -0.2) is 0 Å². The van der Waals surface area contributed by atoms with Crippen molar-refractivity contribution in [2.45, 2.75) is 62.6 Å². The Hall–Kier alpha value is 0.0569. The lowest BCUT2D eigenvalue weighted by atomic mass is 10.0. The third-order valence-corrected chi connectivity index (χ3v) is 10.0. The van der Waals surface area contributed by atoms with Gasteiger partial charge < -0.3 is 18.5 Å². The summed E-state index contributed by atoms with van der Waals surface area (Å²) in [4.78, 5) is 2.61. The van der Waals surface area contributed by atoms with Crippen LogP contribution in [-0.2, 0) is 13.6 Å². The maximum atomic E-state index is 6.06. The van der Waals surface area contributed by atoms with E-state index in [-0.39, 0.29) is 5.22 Å². The molecule has 2 saturated heterocycles. The Labute approximate surface area is 131 Å². The van der Waals surface area contributed by atoms with Crippen LogP contribution in [0.1, 0.15) is 51.4 Å². The fraction of sp³-hybridized carbons (Fsp3) is 1.00. The van der Waals surface area contributed by atoms with Crippen molar-refractivity contribution in [3.63, 3.8) is 0 Å². The molecule has 2 rings (SSSR count). The molecule has 124 valence electrons. The Bertz CT molecular complexity index is 306. The average molecular weight is 316 g/mol. The summed E-state index contributed by atoms with van der Waals surface area (Å²) in [6.45, 7) is 3.75. The van der Waals surface area contributed by atoms with Gasteiger partial charge in [0.15, 0.2) is 0 Å². The largest absolute Gasteiger partial charge is 0.396 e. The van der Waals surface area contributed by atoms with Crippen molar-refractivity contribution in [1.29, 1.82) is 0 Å². The molecule has 5 heteroatoms. The Morgan fingerprint density at radius 1 is 0.952 bits per heavy atom. The molecule has 4 nitrogen and oxygen atoms in total. The van der Waals surface area contributed by atoms with E-state index in [1.807, 2.05) is 21.3 Å². The second-order valence-electron chi connectivity index (χ2n) is 6.57. The molecule has 0 spiro atoms. The number of rotatable bonds is 7. The minimum Gasteiger partial charge on any atom is -0.396 e. The molecule has 0 N–H and O–H groups in total. The van der Waals surface area contributed by atoms with Crippen LogP contribution in [0.4, 0.5) is 0 Å². The maximum absolute atomic E-state index is 6.06. The van der Waals surface area contributed by atoms with Crippen LogP contribution in [-0.4, -0.2) is 59.6 Å². The van der Waals surface area contributed by atoms with Gasteiger partial charge in [0, 0.05) is 21.3 Å². The highest BCUT2D eigenvalue weighted by molar-refractivity contribution is 6.70. The number of hydrogen-bond acceptors (Lipinski definition) is 4. The van der Waals surface area contributed by atoms with Crippen molar-refractivity contribution in [1.82, 2.24) is 4.90 Å². The van der Waals surface area contributed by atoms with Crippen molar-refractivity contribution in [2.24, 2.45) is 0 Å². The molecule has 2 heterocycles. The van der Waals surface area contributed by atoms with Crippen LogP contribution in [0, 0.1) is 0 Å². The van der Waals surface area contributed by atoms with Gasteiger partial charge in [0.2, 0.25) is 0 Å². The average Bonchev–Trinajstić information content (AvgIpc) is 2.56. The van der Waals surface area contributed by atoms with Crippen LogP contribution >= 0.6 is 0 Å². The first-order valence-corrected chi connectivity index (χ1v) is 10.6. The maximum Gasteiger partial charge on any atom is 0.370 e. The molecule has 0 bridgehead atoms. The van der Waals surface area contributed by atoms with E-state index < -0.39 is 8.56 Å². The monoisotopic (exact) mass is 315 g/mol. The predicted molar refractivity (Wildman–Crippen MR) is 87.7 cm³/mol. The van der Waals surface area contributed by atoms with Crippen molar-refractivity contribution in [3.8, 4) is 0 Å². The first-order valence-electron chi connectivity index (χ1n) is 8.60. The minimum absolute atomic E-state index is 0.148. The Morgan fingerprint density at radius 2 is 1.67 bits per heavy atom. The van der Waals surface area contributed by atoms with Gasteiger partial charge in [0.1, 0.15) is 5.22 Å². The van der Waals surface area contributed by atoms with Crippen LogP contribution in [0.3, 0.4) is 0 Å². The summed E-state index contributed by atoms with van der Waals surface area (Å²) in [5.41, 5.74) is 0. The molecule has 0 aromatic heterocycles. The lowest BCUT2D eigenvalue weighted by Gasteiger charge is -2.48. The Morgan fingerprint density at radius 3 is 2.29 bits per heavy atom. The molecule has 0 radical (unpaired) electrons. The molecule has 21 heavy (non-hydrogen) atoms. The number of piperidine rings is 1. The summed E-state index contributed by atoms with van der Waals surface area (Å²) in [5, 5.41) is -0.148. The summed E-state index contributed by atoms with van der Waals surface area (Å²) < 4.78 is 18.0. The van der Waals surface area contributed by atoms with Crippen LogP contribution in [0.15, 0.2) is 0 Å². The van der Waals surface area contributed by atoms with Gasteiger partial charge in [-0.1, -0.05) is 19.3 Å². The first-order chi connectivity index (χ1) is 10.2. The molecular weight excluding hydrogens is 282 g/mol. The van der Waals surface area contributed by atoms with E-state index in [1.54, 1.807) is 0 Å². The topological polar surface area (TPSA) is 30.9 Å². The Balaban J connectivity index is 1.94. The van der Waals surface area contributed by atoms with E-state index >= 15 is 0 Å². The fourth-order valence-corrected chi connectivity index (χ4v) is 8.21. The van der Waals surface area contributed by atoms with Crippen molar-refractivity contribution in [2.75, 3.05) is 41.0 Å². The molecule has 0 saturated carbocycles. The van der Waals surface area contributed by atoms with Crippen molar-refractivity contribution < 1.29 is 13.6 Å². The molecule has 2 aliphatic rings.